The second-order valence-corrected chi connectivity index (χ2v) is 5.20. The van der Waals surface area contributed by atoms with Gasteiger partial charge in [-0.25, -0.2) is 4.79 Å². The number of ether oxygens (including phenoxy) is 1. The van der Waals surface area contributed by atoms with Crippen molar-refractivity contribution in [3.63, 3.8) is 0 Å². The van der Waals surface area contributed by atoms with Crippen molar-refractivity contribution >= 4 is 28.5 Å². The van der Waals surface area contributed by atoms with Gasteiger partial charge in [-0.15, -0.1) is 0 Å². The number of esters is 1. The molecule has 0 saturated carbocycles. The van der Waals surface area contributed by atoms with Gasteiger partial charge in [-0.2, -0.15) is 0 Å². The minimum absolute atomic E-state index is 0.220. The number of nitrogens with one attached hydrogen (secondary N) is 2. The van der Waals surface area contributed by atoms with Crippen LogP contribution < -0.4 is 5.32 Å². The molecule has 1 heterocycles. The van der Waals surface area contributed by atoms with E-state index in [2.05, 4.69) is 15.0 Å². The Balaban J connectivity index is 1.92. The summed E-state index contributed by atoms with van der Waals surface area (Å²) in [5, 5.41) is 3.70. The number of carbonyl (C=O) groups excluding carboxylic acids is 2. The molecule has 3 rings (SSSR count). The maximum atomic E-state index is 12.6. The van der Waals surface area contributed by atoms with Crippen LogP contribution in [0.5, 0.6) is 0 Å². The van der Waals surface area contributed by atoms with E-state index in [1.165, 1.54) is 7.11 Å². The molecule has 1 amide bonds. The quantitative estimate of drug-likeness (QED) is 0.727. The number of aromatic nitrogens is 1. The molecular formula is C18H16N2O3. The van der Waals surface area contributed by atoms with Crippen molar-refractivity contribution in [2.75, 3.05) is 12.4 Å². The molecule has 0 radical (unpaired) electrons. The minimum Gasteiger partial charge on any atom is -0.465 e. The molecule has 0 fully saturated rings. The third-order valence-corrected chi connectivity index (χ3v) is 3.66. The van der Waals surface area contributed by atoms with E-state index in [0.29, 0.717) is 16.8 Å². The number of anilines is 1. The Hall–Kier alpha value is -3.08. The summed E-state index contributed by atoms with van der Waals surface area (Å²) in [5.74, 6) is -0.661. The monoisotopic (exact) mass is 308 g/mol. The Kier molecular flexibility index (Phi) is 3.85. The lowest BCUT2D eigenvalue weighted by molar-refractivity contribution is 0.0600. The van der Waals surface area contributed by atoms with Crippen LogP contribution in [-0.4, -0.2) is 24.0 Å². The number of benzene rings is 2. The Morgan fingerprint density at radius 1 is 1.09 bits per heavy atom. The molecule has 2 aromatic carbocycles. The number of hydrogen-bond donors (Lipinski definition) is 2. The molecule has 3 aromatic rings. The highest BCUT2D eigenvalue weighted by molar-refractivity contribution is 6.14. The normalized spacial score (nSPS) is 10.5. The van der Waals surface area contributed by atoms with Crippen LogP contribution in [0.4, 0.5) is 5.69 Å². The molecule has 0 bridgehead atoms. The number of methoxy groups -OCH3 is 1. The third kappa shape index (κ3) is 2.81. The van der Waals surface area contributed by atoms with Crippen molar-refractivity contribution in [2.45, 2.75) is 6.92 Å². The summed E-state index contributed by atoms with van der Waals surface area (Å²) >= 11 is 0. The fraction of sp³-hybridized carbons (Fsp3) is 0.111. The second-order valence-electron chi connectivity index (χ2n) is 5.20. The van der Waals surface area contributed by atoms with Gasteiger partial charge in [-0.05, 0) is 31.2 Å². The first-order chi connectivity index (χ1) is 11.1. The van der Waals surface area contributed by atoms with Crippen LogP contribution in [0.25, 0.3) is 10.9 Å². The molecule has 0 saturated heterocycles. The van der Waals surface area contributed by atoms with E-state index in [-0.39, 0.29) is 5.91 Å². The van der Waals surface area contributed by atoms with Crippen molar-refractivity contribution in [1.29, 1.82) is 0 Å². The van der Waals surface area contributed by atoms with E-state index in [1.54, 1.807) is 24.3 Å². The van der Waals surface area contributed by atoms with Gasteiger partial charge in [0.2, 0.25) is 0 Å². The van der Waals surface area contributed by atoms with Crippen LogP contribution >= 0.6 is 0 Å². The number of para-hydroxylation sites is 1. The fourth-order valence-corrected chi connectivity index (χ4v) is 2.60. The Labute approximate surface area is 133 Å². The topological polar surface area (TPSA) is 71.2 Å². The summed E-state index contributed by atoms with van der Waals surface area (Å²) in [4.78, 5) is 27.4. The zero-order valence-electron chi connectivity index (χ0n) is 12.8. The molecule has 0 unspecified atom stereocenters. The summed E-state index contributed by atoms with van der Waals surface area (Å²) in [5.41, 5.74) is 3.25. The highest BCUT2D eigenvalue weighted by Crippen LogP contribution is 2.23. The highest BCUT2D eigenvalue weighted by Gasteiger charge is 2.16. The lowest BCUT2D eigenvalue weighted by atomic mass is 10.1. The number of aromatic amines is 1. The first-order valence-electron chi connectivity index (χ1n) is 7.17. The largest absolute Gasteiger partial charge is 0.465 e. The maximum Gasteiger partial charge on any atom is 0.337 e. The smallest absolute Gasteiger partial charge is 0.337 e. The van der Waals surface area contributed by atoms with E-state index in [4.69, 9.17) is 0 Å². The molecule has 0 atom stereocenters. The van der Waals surface area contributed by atoms with Crippen molar-refractivity contribution in [3.05, 3.63) is 65.4 Å². The number of carbonyl (C=O) groups is 2. The number of H-pyrrole nitrogens is 1. The molecule has 5 nitrogen and oxygen atoms in total. The van der Waals surface area contributed by atoms with Crippen LogP contribution in [-0.2, 0) is 4.74 Å². The molecular weight excluding hydrogens is 292 g/mol. The van der Waals surface area contributed by atoms with E-state index in [0.717, 1.165) is 16.6 Å². The third-order valence-electron chi connectivity index (χ3n) is 3.66. The zero-order chi connectivity index (χ0) is 16.4. The summed E-state index contributed by atoms with van der Waals surface area (Å²) < 4.78 is 4.69. The van der Waals surface area contributed by atoms with Gasteiger partial charge in [-0.1, -0.05) is 24.3 Å². The molecule has 0 aliphatic rings. The number of hydrogen-bond acceptors (Lipinski definition) is 3. The van der Waals surface area contributed by atoms with Crippen molar-refractivity contribution in [3.8, 4) is 0 Å². The van der Waals surface area contributed by atoms with E-state index < -0.39 is 5.97 Å². The van der Waals surface area contributed by atoms with Crippen LogP contribution in [0.1, 0.15) is 26.4 Å². The molecule has 116 valence electrons. The van der Waals surface area contributed by atoms with Gasteiger partial charge in [0.05, 0.1) is 18.2 Å². The van der Waals surface area contributed by atoms with Crippen LogP contribution in [0, 0.1) is 6.92 Å². The average molecular weight is 308 g/mol. The fourth-order valence-electron chi connectivity index (χ4n) is 2.60. The number of amides is 1. The zero-order valence-corrected chi connectivity index (χ0v) is 12.8. The maximum absolute atomic E-state index is 12.6. The van der Waals surface area contributed by atoms with Gasteiger partial charge >= 0.3 is 5.97 Å². The van der Waals surface area contributed by atoms with Crippen molar-refractivity contribution in [1.82, 2.24) is 4.98 Å². The Morgan fingerprint density at radius 2 is 1.87 bits per heavy atom. The predicted molar refractivity (Wildman–Crippen MR) is 88.8 cm³/mol. The standard InChI is InChI=1S/C18H16N2O3/c1-11-16(14-8-3-4-9-15(14)19-11)17(21)20-13-7-5-6-12(10-13)18(22)23-2/h3-10,19H,1-2H3,(H,20,21). The minimum atomic E-state index is -0.440. The van der Waals surface area contributed by atoms with Gasteiger partial charge in [0.1, 0.15) is 0 Å². The molecule has 2 N–H and O–H groups in total. The van der Waals surface area contributed by atoms with Crippen molar-refractivity contribution in [2.24, 2.45) is 0 Å². The summed E-state index contributed by atoms with van der Waals surface area (Å²) in [6.07, 6.45) is 0. The van der Waals surface area contributed by atoms with E-state index in [1.807, 2.05) is 31.2 Å². The average Bonchev–Trinajstić information content (AvgIpc) is 2.90. The molecule has 23 heavy (non-hydrogen) atoms. The van der Waals surface area contributed by atoms with Gasteiger partial charge in [-0.3, -0.25) is 4.79 Å². The van der Waals surface area contributed by atoms with Crippen LogP contribution in [0.2, 0.25) is 0 Å². The Morgan fingerprint density at radius 3 is 2.65 bits per heavy atom. The molecule has 1 aromatic heterocycles. The number of rotatable bonds is 3. The SMILES string of the molecule is COC(=O)c1cccc(NC(=O)c2c(C)[nH]c3ccccc23)c1. The van der Waals surface area contributed by atoms with Gasteiger partial charge in [0.15, 0.2) is 0 Å². The van der Waals surface area contributed by atoms with Gasteiger partial charge < -0.3 is 15.0 Å². The first kappa shape index (κ1) is 14.8. The second kappa shape index (κ2) is 5.96. The lowest BCUT2D eigenvalue weighted by Gasteiger charge is -2.07. The number of fused-ring (bicyclic) bond motifs is 1. The molecule has 0 spiro atoms. The van der Waals surface area contributed by atoms with Gasteiger partial charge in [0.25, 0.3) is 5.91 Å². The van der Waals surface area contributed by atoms with Gasteiger partial charge in [0, 0.05) is 22.3 Å². The molecule has 0 aliphatic carbocycles. The van der Waals surface area contributed by atoms with Crippen LogP contribution in [0.3, 0.4) is 0 Å². The Bertz CT molecular complexity index is 896. The molecule has 5 heteroatoms. The summed E-state index contributed by atoms with van der Waals surface area (Å²) in [6.45, 7) is 1.86. The summed E-state index contributed by atoms with van der Waals surface area (Å²) in [6, 6.07) is 14.3. The first-order valence-corrected chi connectivity index (χ1v) is 7.17. The van der Waals surface area contributed by atoms with Crippen molar-refractivity contribution < 1.29 is 14.3 Å². The molecule has 0 aliphatic heterocycles. The summed E-state index contributed by atoms with van der Waals surface area (Å²) in [7, 11) is 1.32. The van der Waals surface area contributed by atoms with E-state index >= 15 is 0 Å². The highest BCUT2D eigenvalue weighted by atomic mass is 16.5. The number of aryl methyl sites for hydroxylation is 1. The predicted octanol–water partition coefficient (Wildman–Crippen LogP) is 3.52. The lowest BCUT2D eigenvalue weighted by Crippen LogP contribution is -2.13. The van der Waals surface area contributed by atoms with Crippen LogP contribution in [0.15, 0.2) is 48.5 Å². The van der Waals surface area contributed by atoms with E-state index in [9.17, 15) is 9.59 Å².